The summed E-state index contributed by atoms with van der Waals surface area (Å²) >= 11 is 0. The second-order valence-corrected chi connectivity index (χ2v) is 9.75. The molecular weight excluding hydrogens is 300 g/mol. The molecule has 4 nitrogen and oxygen atoms in total. The van der Waals surface area contributed by atoms with Gasteiger partial charge in [0.15, 0.2) is 0 Å². The predicted octanol–water partition coefficient (Wildman–Crippen LogP) is 3.45. The molecule has 0 aromatic carbocycles. The zero-order valence-corrected chi connectivity index (χ0v) is 16.0. The van der Waals surface area contributed by atoms with Crippen LogP contribution in [0, 0.1) is 11.8 Å². The lowest BCUT2D eigenvalue weighted by Crippen LogP contribution is -2.55. The van der Waals surface area contributed by atoms with E-state index in [2.05, 4.69) is 14.1 Å². The second-order valence-electron chi connectivity index (χ2n) is 9.75. The molecule has 2 aliphatic heterocycles. The van der Waals surface area contributed by atoms with Crippen LogP contribution < -0.4 is 0 Å². The lowest BCUT2D eigenvalue weighted by molar-refractivity contribution is -0.940. The molecule has 2 heterocycles. The Kier molecular flexibility index (Phi) is 6.39. The summed E-state index contributed by atoms with van der Waals surface area (Å²) in [5.41, 5.74) is 0. The first-order chi connectivity index (χ1) is 10.6. The van der Waals surface area contributed by atoms with Gasteiger partial charge in [-0.25, -0.2) is 0 Å². The quantitative estimate of drug-likeness (QED) is 0.723. The van der Waals surface area contributed by atoms with Gasteiger partial charge in [-0.3, -0.25) is 0 Å². The summed E-state index contributed by atoms with van der Waals surface area (Å²) in [5.74, 6) is 2.17. The molecular formula is C20H40N2O2. The van der Waals surface area contributed by atoms with Crippen molar-refractivity contribution in [3.05, 3.63) is 0 Å². The number of nitrogens with zero attached hydrogens (tertiary/aromatic N) is 2. The molecule has 0 aromatic heterocycles. The van der Waals surface area contributed by atoms with Crippen molar-refractivity contribution in [3.63, 3.8) is 0 Å². The molecule has 0 bridgehead atoms. The maximum Gasteiger partial charge on any atom is 0.0893 e. The Morgan fingerprint density at radius 1 is 0.500 bits per heavy atom. The van der Waals surface area contributed by atoms with Crippen LogP contribution >= 0.6 is 0 Å². The van der Waals surface area contributed by atoms with Crippen LogP contribution in [0.1, 0.15) is 64.2 Å². The smallest absolute Gasteiger partial charge is 0.0893 e. The normalized spacial score (nSPS) is 40.2. The average Bonchev–Trinajstić information content (AvgIpc) is 3.08. The van der Waals surface area contributed by atoms with Crippen molar-refractivity contribution in [2.24, 2.45) is 11.8 Å². The van der Waals surface area contributed by atoms with E-state index in [-0.39, 0.29) is 11.0 Å². The maximum absolute atomic E-state index is 2.58. The molecule has 0 aromatic rings. The van der Waals surface area contributed by atoms with Gasteiger partial charge in [-0.15, -0.1) is 0 Å². The molecule has 4 fully saturated rings. The average molecular weight is 341 g/mol. The van der Waals surface area contributed by atoms with E-state index in [4.69, 9.17) is 0 Å². The van der Waals surface area contributed by atoms with Gasteiger partial charge in [-0.05, 0) is 50.4 Å². The van der Waals surface area contributed by atoms with E-state index < -0.39 is 0 Å². The SMILES string of the molecule is C[N+]1(C2C[C@H]3CC([N+]4(C)CCCCC4)C[C@H]3C2)CCCCC1.[OH-].[OH-]. The zero-order chi connectivity index (χ0) is 15.2. The van der Waals surface area contributed by atoms with Gasteiger partial charge in [-0.2, -0.15) is 0 Å². The van der Waals surface area contributed by atoms with Gasteiger partial charge < -0.3 is 19.9 Å². The minimum atomic E-state index is 0. The van der Waals surface area contributed by atoms with E-state index in [9.17, 15) is 0 Å². The minimum absolute atomic E-state index is 0. The summed E-state index contributed by atoms with van der Waals surface area (Å²) in [7, 11) is 5.17. The Balaban J connectivity index is 0.00000104. The van der Waals surface area contributed by atoms with Crippen molar-refractivity contribution in [2.75, 3.05) is 40.3 Å². The summed E-state index contributed by atoms with van der Waals surface area (Å²) in [6.45, 7) is 5.89. The van der Waals surface area contributed by atoms with Crippen LogP contribution in [0.5, 0.6) is 0 Å². The third kappa shape index (κ3) is 3.53. The Morgan fingerprint density at radius 2 is 0.792 bits per heavy atom. The first-order valence-electron chi connectivity index (χ1n) is 10.3. The van der Waals surface area contributed by atoms with Gasteiger partial charge in [0, 0.05) is 25.7 Å². The van der Waals surface area contributed by atoms with Gasteiger partial charge in [0.2, 0.25) is 0 Å². The van der Waals surface area contributed by atoms with E-state index >= 15 is 0 Å². The molecule has 142 valence electrons. The summed E-state index contributed by atoms with van der Waals surface area (Å²) < 4.78 is 2.87. The fraction of sp³-hybridized carbons (Fsp3) is 1.00. The van der Waals surface area contributed by atoms with Crippen molar-refractivity contribution in [1.29, 1.82) is 0 Å². The van der Waals surface area contributed by atoms with E-state index in [1.807, 2.05) is 0 Å². The second kappa shape index (κ2) is 7.61. The number of rotatable bonds is 2. The summed E-state index contributed by atoms with van der Waals surface area (Å²) in [6, 6.07) is 2.03. The third-order valence-corrected chi connectivity index (χ3v) is 8.40. The topological polar surface area (TPSA) is 60.0 Å². The van der Waals surface area contributed by atoms with Crippen LogP contribution in [-0.2, 0) is 0 Å². The number of likely N-dealkylation sites (tertiary alicyclic amines) is 2. The summed E-state index contributed by atoms with van der Waals surface area (Å²) in [5, 5.41) is 0. The minimum Gasteiger partial charge on any atom is -0.870 e. The molecule has 0 atom stereocenters. The summed E-state index contributed by atoms with van der Waals surface area (Å²) in [6.07, 6.45) is 15.2. The van der Waals surface area contributed by atoms with Crippen LogP contribution in [0.4, 0.5) is 0 Å². The molecule has 4 aliphatic rings. The first-order valence-corrected chi connectivity index (χ1v) is 10.3. The largest absolute Gasteiger partial charge is 0.870 e. The molecule has 24 heavy (non-hydrogen) atoms. The monoisotopic (exact) mass is 340 g/mol. The van der Waals surface area contributed by atoms with Crippen molar-refractivity contribution < 1.29 is 19.9 Å². The number of piperidine rings is 2. The highest BCUT2D eigenvalue weighted by molar-refractivity contribution is 4.93. The Bertz CT molecular complexity index is 352. The number of hydrogen-bond acceptors (Lipinski definition) is 2. The van der Waals surface area contributed by atoms with Gasteiger partial charge in [0.05, 0.1) is 52.4 Å². The van der Waals surface area contributed by atoms with Gasteiger partial charge >= 0.3 is 0 Å². The lowest BCUT2D eigenvalue weighted by Gasteiger charge is -2.45. The van der Waals surface area contributed by atoms with Crippen molar-refractivity contribution in [1.82, 2.24) is 0 Å². The van der Waals surface area contributed by atoms with Gasteiger partial charge in [0.25, 0.3) is 0 Å². The molecule has 0 radical (unpaired) electrons. The fourth-order valence-electron chi connectivity index (χ4n) is 6.77. The van der Waals surface area contributed by atoms with E-state index in [0.717, 1.165) is 23.9 Å². The van der Waals surface area contributed by atoms with Crippen LogP contribution in [0.25, 0.3) is 0 Å². The number of fused-ring (bicyclic) bond motifs is 1. The molecule has 2 N–H and O–H groups in total. The van der Waals surface area contributed by atoms with Gasteiger partial charge in [0.1, 0.15) is 0 Å². The highest BCUT2D eigenvalue weighted by atomic mass is 16.0. The maximum atomic E-state index is 2.58. The predicted molar refractivity (Wildman–Crippen MR) is 96.4 cm³/mol. The molecule has 4 rings (SSSR count). The molecule has 2 saturated heterocycles. The number of quaternary nitrogens is 2. The highest BCUT2D eigenvalue weighted by Crippen LogP contribution is 2.50. The van der Waals surface area contributed by atoms with E-state index in [1.165, 1.54) is 73.7 Å². The van der Waals surface area contributed by atoms with E-state index in [0.29, 0.717) is 0 Å². The number of hydrogen-bond donors (Lipinski definition) is 0. The summed E-state index contributed by atoms with van der Waals surface area (Å²) in [4.78, 5) is 0. The zero-order valence-electron chi connectivity index (χ0n) is 16.0. The van der Waals surface area contributed by atoms with Crippen LogP contribution in [0.15, 0.2) is 0 Å². The molecule has 0 unspecified atom stereocenters. The van der Waals surface area contributed by atoms with Crippen molar-refractivity contribution >= 4 is 0 Å². The Hall–Kier alpha value is -0.160. The first kappa shape index (κ1) is 20.2. The molecule has 0 spiro atoms. The third-order valence-electron chi connectivity index (χ3n) is 8.40. The fourth-order valence-corrected chi connectivity index (χ4v) is 6.77. The molecule has 4 heteroatoms. The van der Waals surface area contributed by atoms with E-state index in [1.54, 1.807) is 25.7 Å². The highest BCUT2D eigenvalue weighted by Gasteiger charge is 2.52. The molecule has 2 aliphatic carbocycles. The molecule has 0 amide bonds. The van der Waals surface area contributed by atoms with Crippen molar-refractivity contribution in [2.45, 2.75) is 76.3 Å². The van der Waals surface area contributed by atoms with Crippen molar-refractivity contribution in [3.8, 4) is 0 Å². The molecule has 2 saturated carbocycles. The lowest BCUT2D eigenvalue weighted by atomic mass is 9.98. The Labute approximate surface area is 149 Å². The van der Waals surface area contributed by atoms with Gasteiger partial charge in [-0.1, -0.05) is 0 Å². The van der Waals surface area contributed by atoms with Crippen LogP contribution in [0.3, 0.4) is 0 Å². The Morgan fingerprint density at radius 3 is 1.08 bits per heavy atom. The standard InChI is InChI=1S/C20H38N2.2H2O/c1-21(9-5-3-6-10-21)19-13-17-15-20(16-18(17)14-19)22(2)11-7-4-8-12-22;;/h17-20H,3-16H2,1-2H3;2*1H2/q+2;;/p-2/t17-,18+,19?,20?;;. The van der Waals surface area contributed by atoms with Crippen LogP contribution in [0.2, 0.25) is 0 Å². The van der Waals surface area contributed by atoms with Crippen LogP contribution in [-0.4, -0.2) is 72.3 Å².